The summed E-state index contributed by atoms with van der Waals surface area (Å²) >= 11 is 1.61. The van der Waals surface area contributed by atoms with E-state index in [0.29, 0.717) is 24.2 Å². The number of esters is 1. The van der Waals surface area contributed by atoms with Crippen LogP contribution in [-0.2, 0) is 9.53 Å². The number of aliphatic hydroxyl groups excluding tert-OH is 1. The zero-order valence-corrected chi connectivity index (χ0v) is 22.7. The first-order valence-electron chi connectivity index (χ1n) is 12.6. The highest BCUT2D eigenvalue weighted by atomic mass is 32.1. The van der Waals surface area contributed by atoms with E-state index in [0.717, 1.165) is 29.1 Å². The highest BCUT2D eigenvalue weighted by Crippen LogP contribution is 2.42. The van der Waals surface area contributed by atoms with Crippen molar-refractivity contribution >= 4 is 23.4 Å². The van der Waals surface area contributed by atoms with Crippen LogP contribution in [0.4, 0.5) is 0 Å². The zero-order valence-electron chi connectivity index (χ0n) is 21.9. The highest BCUT2D eigenvalue weighted by molar-refractivity contribution is 7.09. The van der Waals surface area contributed by atoms with Crippen LogP contribution in [0.5, 0.6) is 0 Å². The summed E-state index contributed by atoms with van der Waals surface area (Å²) in [5.41, 5.74) is 1.48. The molecule has 0 aromatic carbocycles. The van der Waals surface area contributed by atoms with E-state index in [2.05, 4.69) is 58.7 Å². The molecule has 1 N–H and O–H groups in total. The second kappa shape index (κ2) is 12.3. The van der Waals surface area contributed by atoms with Gasteiger partial charge in [0.2, 0.25) is 0 Å². The smallest absolute Gasteiger partial charge is 0.309 e. The predicted octanol–water partition coefficient (Wildman–Crippen LogP) is 7.22. The molecule has 1 aliphatic rings. The molecule has 5 heteroatoms. The fraction of sp³-hybridized carbons (Fsp3) is 0.714. The molecule has 0 saturated heterocycles. The summed E-state index contributed by atoms with van der Waals surface area (Å²) in [6.07, 6.45) is 9.29. The maximum Gasteiger partial charge on any atom is 0.309 e. The normalized spacial score (nSPS) is 34.0. The van der Waals surface area contributed by atoms with E-state index in [-0.39, 0.29) is 29.8 Å². The topological polar surface area (TPSA) is 59.4 Å². The van der Waals surface area contributed by atoms with Crippen LogP contribution in [-0.4, -0.2) is 28.3 Å². The molecule has 2 rings (SSSR count). The summed E-state index contributed by atoms with van der Waals surface area (Å²) in [5.74, 6) is 1.56. The van der Waals surface area contributed by atoms with Gasteiger partial charge in [0.1, 0.15) is 6.10 Å². The maximum absolute atomic E-state index is 12.9. The van der Waals surface area contributed by atoms with Crippen LogP contribution in [0.2, 0.25) is 0 Å². The van der Waals surface area contributed by atoms with Gasteiger partial charge in [-0.25, -0.2) is 4.98 Å². The molecule has 186 valence electrons. The number of cyclic esters (lactones) is 1. The van der Waals surface area contributed by atoms with Gasteiger partial charge in [-0.05, 0) is 67.4 Å². The molecule has 0 radical (unpaired) electrons. The Labute approximate surface area is 205 Å². The molecule has 2 unspecified atom stereocenters. The molecule has 1 aromatic heterocycles. The molecular weight excluding hydrogens is 430 g/mol. The van der Waals surface area contributed by atoms with Crippen molar-refractivity contribution in [1.29, 1.82) is 0 Å². The average Bonchev–Trinajstić information content (AvgIpc) is 3.16. The van der Waals surface area contributed by atoms with Gasteiger partial charge >= 0.3 is 5.97 Å². The second-order valence-electron chi connectivity index (χ2n) is 10.8. The van der Waals surface area contributed by atoms with Crippen molar-refractivity contribution in [3.8, 4) is 0 Å². The Hall–Kier alpha value is -1.46. The van der Waals surface area contributed by atoms with Crippen molar-refractivity contribution in [3.05, 3.63) is 33.8 Å². The predicted molar refractivity (Wildman–Crippen MR) is 139 cm³/mol. The molecule has 2 heterocycles. The lowest BCUT2D eigenvalue weighted by atomic mass is 9.64. The van der Waals surface area contributed by atoms with E-state index >= 15 is 0 Å². The number of carbonyl (C=O) groups excluding carboxylic acids is 1. The average molecular weight is 476 g/mol. The van der Waals surface area contributed by atoms with Crippen molar-refractivity contribution in [3.63, 3.8) is 0 Å². The van der Waals surface area contributed by atoms with Gasteiger partial charge < -0.3 is 9.84 Å². The van der Waals surface area contributed by atoms with Crippen LogP contribution in [0.3, 0.4) is 0 Å². The van der Waals surface area contributed by atoms with Gasteiger partial charge in [0.15, 0.2) is 0 Å². The Bertz CT molecular complexity index is 825. The highest BCUT2D eigenvalue weighted by Gasteiger charge is 2.40. The number of carbonyl (C=O) groups is 1. The third-order valence-corrected chi connectivity index (χ3v) is 9.04. The molecule has 0 fully saturated rings. The van der Waals surface area contributed by atoms with E-state index in [1.165, 1.54) is 6.42 Å². The summed E-state index contributed by atoms with van der Waals surface area (Å²) in [4.78, 5) is 17.4. The summed E-state index contributed by atoms with van der Waals surface area (Å²) in [6.45, 7) is 17.4. The van der Waals surface area contributed by atoms with Crippen molar-refractivity contribution in [2.24, 2.45) is 29.1 Å². The van der Waals surface area contributed by atoms with E-state index < -0.39 is 6.10 Å². The van der Waals surface area contributed by atoms with Crippen molar-refractivity contribution in [2.45, 2.75) is 99.7 Å². The summed E-state index contributed by atoms with van der Waals surface area (Å²) in [7, 11) is 0. The number of aliphatic hydroxyl groups is 1. The largest absolute Gasteiger partial charge is 0.457 e. The van der Waals surface area contributed by atoms with Crippen molar-refractivity contribution in [2.75, 3.05) is 0 Å². The Balaban J connectivity index is 2.26. The summed E-state index contributed by atoms with van der Waals surface area (Å²) in [5, 5.41) is 14.1. The fourth-order valence-electron chi connectivity index (χ4n) is 4.84. The van der Waals surface area contributed by atoms with Gasteiger partial charge in [-0.2, -0.15) is 0 Å². The minimum atomic E-state index is -0.750. The first-order valence-corrected chi connectivity index (χ1v) is 13.4. The van der Waals surface area contributed by atoms with Crippen LogP contribution in [0, 0.1) is 36.0 Å². The maximum atomic E-state index is 12.9. The minimum Gasteiger partial charge on any atom is -0.457 e. The molecule has 1 aromatic rings. The molecule has 4 nitrogen and oxygen atoms in total. The number of hydrogen-bond acceptors (Lipinski definition) is 5. The monoisotopic (exact) mass is 475 g/mol. The second-order valence-corrected chi connectivity index (χ2v) is 11.9. The Morgan fingerprint density at radius 3 is 2.55 bits per heavy atom. The van der Waals surface area contributed by atoms with Crippen LogP contribution in [0.1, 0.15) is 91.3 Å². The molecule has 0 spiro atoms. The standard InChI is InChI=1S/C28H45NO3S/c1-18-13-11-9-10-12-14-25(19(2)15-24-17-33-23(6)29-24)32-27(31)16-26(30)28(7,8)22(5)21(4)20(18)3/h10,12,15,17-18,20-22,25-26,30H,9,11,13-14,16H2,1-8H3/b12-10-,19-15+/t18-,20-,21+,22+,25?,26?/m0/s1. The first-order chi connectivity index (χ1) is 15.4. The zero-order chi connectivity index (χ0) is 24.8. The van der Waals surface area contributed by atoms with E-state index in [9.17, 15) is 9.90 Å². The number of hydrogen-bond donors (Lipinski definition) is 1. The SMILES string of the molecule is C/C(=C\c1csc(C)n1)C1C/C=C\CCC[C@H](C)[C@H](C)[C@@H](C)[C@@H](C)C(C)(C)C(O)CC(=O)O1. The quantitative estimate of drug-likeness (QED) is 0.362. The number of aryl methyl sites for hydroxylation is 1. The summed E-state index contributed by atoms with van der Waals surface area (Å²) in [6, 6.07) is 0. The lowest BCUT2D eigenvalue weighted by Gasteiger charge is -2.42. The molecular formula is C28H45NO3S. The van der Waals surface area contributed by atoms with E-state index in [1.807, 2.05) is 25.3 Å². The molecule has 0 amide bonds. The summed E-state index contributed by atoms with van der Waals surface area (Å²) < 4.78 is 5.91. The Morgan fingerprint density at radius 1 is 1.21 bits per heavy atom. The number of rotatable bonds is 2. The number of nitrogens with zero attached hydrogens (tertiary/aromatic N) is 1. The van der Waals surface area contributed by atoms with Gasteiger partial charge in [-0.3, -0.25) is 4.79 Å². The van der Waals surface area contributed by atoms with Gasteiger partial charge in [-0.1, -0.05) is 60.1 Å². The van der Waals surface area contributed by atoms with Crippen LogP contribution in [0.25, 0.3) is 6.08 Å². The van der Waals surface area contributed by atoms with E-state index in [4.69, 9.17) is 4.74 Å². The first kappa shape index (κ1) is 27.8. The van der Waals surface area contributed by atoms with Gasteiger partial charge in [-0.15, -0.1) is 11.3 Å². The van der Waals surface area contributed by atoms with Gasteiger partial charge in [0.25, 0.3) is 0 Å². The van der Waals surface area contributed by atoms with Crippen molar-refractivity contribution in [1.82, 2.24) is 4.98 Å². The van der Waals surface area contributed by atoms with Crippen LogP contribution >= 0.6 is 11.3 Å². The fourth-order valence-corrected chi connectivity index (χ4v) is 5.41. The lowest BCUT2D eigenvalue weighted by Crippen LogP contribution is -2.42. The third kappa shape index (κ3) is 7.78. The van der Waals surface area contributed by atoms with Gasteiger partial charge in [0, 0.05) is 11.8 Å². The minimum absolute atomic E-state index is 0.0112. The number of ether oxygens (including phenoxy) is 1. The molecule has 33 heavy (non-hydrogen) atoms. The number of aromatic nitrogens is 1. The van der Waals surface area contributed by atoms with Gasteiger partial charge in [0.05, 0.1) is 23.2 Å². The Morgan fingerprint density at radius 2 is 1.91 bits per heavy atom. The molecule has 1 aliphatic heterocycles. The molecule has 6 atom stereocenters. The third-order valence-electron chi connectivity index (χ3n) is 8.25. The van der Waals surface area contributed by atoms with E-state index in [1.54, 1.807) is 11.3 Å². The number of allylic oxidation sites excluding steroid dienone is 1. The Kier molecular flexibility index (Phi) is 10.4. The van der Waals surface area contributed by atoms with Crippen LogP contribution < -0.4 is 0 Å². The molecule has 0 bridgehead atoms. The van der Waals surface area contributed by atoms with Crippen LogP contribution in [0.15, 0.2) is 23.1 Å². The lowest BCUT2D eigenvalue weighted by molar-refractivity contribution is -0.152. The van der Waals surface area contributed by atoms with Crippen molar-refractivity contribution < 1.29 is 14.6 Å². The molecule has 0 saturated carbocycles. The molecule has 0 aliphatic carbocycles. The number of thiazole rings is 1.